The number of hydrogen-bond donors (Lipinski definition) is 0. The smallest absolute Gasteiger partial charge is 0.114 e. The molecular formula is C18H19ClN2O. The van der Waals surface area contributed by atoms with Crippen molar-refractivity contribution in [2.24, 2.45) is 0 Å². The second-order valence-electron chi connectivity index (χ2n) is 5.17. The van der Waals surface area contributed by atoms with Gasteiger partial charge in [-0.3, -0.25) is 0 Å². The molecule has 0 unspecified atom stereocenters. The maximum atomic E-state index is 6.09. The lowest BCUT2D eigenvalue weighted by atomic mass is 10.1. The molecule has 22 heavy (non-hydrogen) atoms. The number of fused-ring (bicyclic) bond motifs is 1. The minimum atomic E-state index is 0.687. The number of benzene rings is 2. The molecule has 1 aromatic heterocycles. The number of hydrogen-bond acceptors (Lipinski definition) is 2. The van der Waals surface area contributed by atoms with E-state index in [4.69, 9.17) is 21.3 Å². The molecule has 3 aromatic rings. The number of ether oxygens (including phenoxy) is 1. The predicted octanol–water partition coefficient (Wildman–Crippen LogP) is 4.32. The van der Waals surface area contributed by atoms with Crippen LogP contribution in [0.3, 0.4) is 0 Å². The number of halogens is 1. The fourth-order valence-electron chi connectivity index (χ4n) is 2.62. The lowest BCUT2D eigenvalue weighted by Crippen LogP contribution is -2.10. The van der Waals surface area contributed by atoms with Gasteiger partial charge in [-0.15, -0.1) is 0 Å². The van der Waals surface area contributed by atoms with Gasteiger partial charge in [-0.05, 0) is 30.7 Å². The minimum Gasteiger partial charge on any atom is -0.380 e. The fraction of sp³-hybridized carbons (Fsp3) is 0.278. The van der Waals surface area contributed by atoms with Crippen molar-refractivity contribution in [1.82, 2.24) is 9.55 Å². The van der Waals surface area contributed by atoms with Crippen LogP contribution in [0.25, 0.3) is 11.0 Å². The first-order valence-electron chi connectivity index (χ1n) is 7.54. The van der Waals surface area contributed by atoms with Crippen molar-refractivity contribution >= 4 is 22.6 Å². The highest BCUT2D eigenvalue weighted by Gasteiger charge is 2.11. The Morgan fingerprint density at radius 2 is 1.95 bits per heavy atom. The summed E-state index contributed by atoms with van der Waals surface area (Å²) in [6, 6.07) is 16.3. The zero-order chi connectivity index (χ0) is 15.4. The molecule has 0 aliphatic heterocycles. The molecule has 3 rings (SSSR count). The second kappa shape index (κ2) is 6.95. The van der Waals surface area contributed by atoms with Crippen molar-refractivity contribution in [3.05, 3.63) is 64.9 Å². The Morgan fingerprint density at radius 1 is 1.14 bits per heavy atom. The highest BCUT2D eigenvalue weighted by molar-refractivity contribution is 6.31. The van der Waals surface area contributed by atoms with Crippen molar-refractivity contribution in [2.75, 3.05) is 13.2 Å². The Labute approximate surface area is 135 Å². The first-order chi connectivity index (χ1) is 10.8. The largest absolute Gasteiger partial charge is 0.380 e. The second-order valence-corrected chi connectivity index (χ2v) is 5.61. The van der Waals surface area contributed by atoms with E-state index in [1.54, 1.807) is 0 Å². The summed E-state index contributed by atoms with van der Waals surface area (Å²) in [6.07, 6.45) is 0.805. The monoisotopic (exact) mass is 314 g/mol. The van der Waals surface area contributed by atoms with Gasteiger partial charge in [-0.1, -0.05) is 41.9 Å². The Morgan fingerprint density at radius 3 is 2.73 bits per heavy atom. The van der Waals surface area contributed by atoms with Crippen LogP contribution in [0, 0.1) is 0 Å². The van der Waals surface area contributed by atoms with Crippen LogP contribution in [0.4, 0.5) is 0 Å². The van der Waals surface area contributed by atoms with Crippen LogP contribution in [0.1, 0.15) is 18.3 Å². The van der Waals surface area contributed by atoms with Gasteiger partial charge in [0.15, 0.2) is 0 Å². The maximum Gasteiger partial charge on any atom is 0.114 e. The Kier molecular flexibility index (Phi) is 4.76. The molecule has 0 saturated heterocycles. The fourth-order valence-corrected chi connectivity index (χ4v) is 2.78. The first-order valence-corrected chi connectivity index (χ1v) is 7.92. The van der Waals surface area contributed by atoms with Crippen LogP contribution in [0.2, 0.25) is 5.02 Å². The van der Waals surface area contributed by atoms with Crippen LogP contribution in [0.15, 0.2) is 48.5 Å². The van der Waals surface area contributed by atoms with Gasteiger partial charge < -0.3 is 9.30 Å². The molecule has 0 aliphatic rings. The van der Waals surface area contributed by atoms with E-state index in [-0.39, 0.29) is 0 Å². The third-order valence-corrected chi connectivity index (χ3v) is 3.89. The molecule has 0 atom stereocenters. The molecule has 0 N–H and O–H groups in total. The zero-order valence-corrected chi connectivity index (χ0v) is 13.4. The Hall–Kier alpha value is -1.84. The molecule has 1 heterocycles. The normalized spacial score (nSPS) is 11.2. The van der Waals surface area contributed by atoms with E-state index < -0.39 is 0 Å². The van der Waals surface area contributed by atoms with E-state index in [9.17, 15) is 0 Å². The quantitative estimate of drug-likeness (QED) is 0.634. The van der Waals surface area contributed by atoms with Crippen molar-refractivity contribution in [2.45, 2.75) is 19.9 Å². The lowest BCUT2D eigenvalue weighted by molar-refractivity contribution is 0.139. The average Bonchev–Trinajstić information content (AvgIpc) is 2.85. The van der Waals surface area contributed by atoms with Crippen LogP contribution >= 0.6 is 11.6 Å². The van der Waals surface area contributed by atoms with Gasteiger partial charge in [0.05, 0.1) is 17.6 Å². The lowest BCUT2D eigenvalue weighted by Gasteiger charge is -2.09. The van der Waals surface area contributed by atoms with Gasteiger partial charge in [-0.2, -0.15) is 0 Å². The van der Waals surface area contributed by atoms with E-state index in [2.05, 4.69) is 28.8 Å². The summed E-state index contributed by atoms with van der Waals surface area (Å²) >= 11 is 6.09. The molecule has 0 amide bonds. The van der Waals surface area contributed by atoms with E-state index in [1.807, 2.05) is 31.2 Å². The van der Waals surface area contributed by atoms with Crippen molar-refractivity contribution in [3.8, 4) is 0 Å². The van der Waals surface area contributed by atoms with Gasteiger partial charge in [0.2, 0.25) is 0 Å². The van der Waals surface area contributed by atoms with E-state index in [1.165, 1.54) is 5.56 Å². The number of aromatic nitrogens is 2. The van der Waals surface area contributed by atoms with E-state index in [0.717, 1.165) is 36.4 Å². The number of rotatable bonds is 6. The molecule has 0 fully saturated rings. The molecule has 3 nitrogen and oxygen atoms in total. The molecule has 114 valence electrons. The summed E-state index contributed by atoms with van der Waals surface area (Å²) in [5, 5.41) is 0.716. The van der Waals surface area contributed by atoms with Crippen LogP contribution in [-0.4, -0.2) is 22.8 Å². The average molecular weight is 315 g/mol. The van der Waals surface area contributed by atoms with E-state index >= 15 is 0 Å². The summed E-state index contributed by atoms with van der Waals surface area (Å²) in [4.78, 5) is 4.77. The first kappa shape index (κ1) is 15.1. The third kappa shape index (κ3) is 3.32. The van der Waals surface area contributed by atoms with Crippen molar-refractivity contribution < 1.29 is 4.74 Å². The molecule has 0 spiro atoms. The van der Waals surface area contributed by atoms with Crippen molar-refractivity contribution in [3.63, 3.8) is 0 Å². The van der Waals surface area contributed by atoms with Crippen LogP contribution in [0.5, 0.6) is 0 Å². The molecular weight excluding hydrogens is 296 g/mol. The molecule has 4 heteroatoms. The summed E-state index contributed by atoms with van der Waals surface area (Å²) in [5.74, 6) is 1.04. The summed E-state index contributed by atoms with van der Waals surface area (Å²) in [7, 11) is 0. The third-order valence-electron chi connectivity index (χ3n) is 3.66. The number of nitrogens with zero attached hydrogens (tertiary/aromatic N) is 2. The number of imidazole rings is 1. The topological polar surface area (TPSA) is 27.1 Å². The molecule has 0 radical (unpaired) electrons. The minimum absolute atomic E-state index is 0.687. The molecule has 0 saturated carbocycles. The van der Waals surface area contributed by atoms with Gasteiger partial charge >= 0.3 is 0 Å². The highest BCUT2D eigenvalue weighted by Crippen LogP contribution is 2.22. The zero-order valence-electron chi connectivity index (χ0n) is 12.6. The Bertz CT molecular complexity index is 752. The Balaban J connectivity index is 1.97. The van der Waals surface area contributed by atoms with Crippen LogP contribution < -0.4 is 0 Å². The summed E-state index contributed by atoms with van der Waals surface area (Å²) in [6.45, 7) is 4.23. The van der Waals surface area contributed by atoms with E-state index in [0.29, 0.717) is 11.6 Å². The SMILES string of the molecule is CCOCCn1c(Cc2ccccc2)nc2cc(Cl)ccc21. The molecule has 2 aromatic carbocycles. The van der Waals surface area contributed by atoms with Gasteiger partial charge in [-0.25, -0.2) is 4.98 Å². The van der Waals surface area contributed by atoms with Gasteiger partial charge in [0, 0.05) is 24.6 Å². The summed E-state index contributed by atoms with van der Waals surface area (Å²) in [5.41, 5.74) is 3.30. The molecule has 0 aliphatic carbocycles. The molecule has 0 bridgehead atoms. The maximum absolute atomic E-state index is 6.09. The summed E-state index contributed by atoms with van der Waals surface area (Å²) < 4.78 is 7.74. The van der Waals surface area contributed by atoms with Gasteiger partial charge in [0.1, 0.15) is 5.82 Å². The predicted molar refractivity (Wildman–Crippen MR) is 90.5 cm³/mol. The van der Waals surface area contributed by atoms with Crippen molar-refractivity contribution in [1.29, 1.82) is 0 Å². The standard InChI is InChI=1S/C18H19ClN2O/c1-2-22-11-10-21-17-9-8-15(19)13-16(17)20-18(21)12-14-6-4-3-5-7-14/h3-9,13H,2,10-12H2,1H3. The van der Waals surface area contributed by atoms with Crippen LogP contribution in [-0.2, 0) is 17.7 Å². The highest BCUT2D eigenvalue weighted by atomic mass is 35.5. The van der Waals surface area contributed by atoms with Gasteiger partial charge in [0.25, 0.3) is 0 Å².